The average Bonchev–Trinajstić information content (AvgIpc) is 3.18. The second-order valence-electron chi connectivity index (χ2n) is 5.28. The first-order chi connectivity index (χ1) is 12.5. The molecule has 3 rings (SSSR count). The van der Waals surface area contributed by atoms with Crippen LogP contribution >= 0.6 is 23.2 Å². The molecule has 0 spiro atoms. The summed E-state index contributed by atoms with van der Waals surface area (Å²) in [5.41, 5.74) is 1.03. The molecular formula is C18H13Cl2N3O3. The Morgan fingerprint density at radius 1 is 1.04 bits per heavy atom. The number of hydrogen-bond donors (Lipinski definition) is 1. The molecule has 132 valence electrons. The molecule has 0 aliphatic rings. The largest absolute Gasteiger partial charge is 0.351 e. The lowest BCUT2D eigenvalue weighted by atomic mass is 10.2. The summed E-state index contributed by atoms with van der Waals surface area (Å²) < 4.78 is 4.92. The maximum atomic E-state index is 12.7. The van der Waals surface area contributed by atoms with E-state index in [9.17, 15) is 9.59 Å². The lowest BCUT2D eigenvalue weighted by Crippen LogP contribution is -2.38. The first-order valence-corrected chi connectivity index (χ1v) is 8.32. The highest BCUT2D eigenvalue weighted by Gasteiger charge is 2.23. The Morgan fingerprint density at radius 2 is 1.81 bits per heavy atom. The average molecular weight is 390 g/mol. The van der Waals surface area contributed by atoms with Crippen LogP contribution in [-0.2, 0) is 4.79 Å². The fraction of sp³-hybridized carbons (Fsp3) is 0.0556. The Kier molecular flexibility index (Phi) is 5.55. The third kappa shape index (κ3) is 4.22. The number of carbonyl (C=O) groups excluding carboxylic acids is 2. The highest BCUT2D eigenvalue weighted by molar-refractivity contribution is 6.42. The minimum absolute atomic E-state index is 0.0381. The number of benzene rings is 2. The summed E-state index contributed by atoms with van der Waals surface area (Å²) in [6.07, 6.45) is 1.37. The van der Waals surface area contributed by atoms with Crippen molar-refractivity contribution in [2.75, 3.05) is 16.8 Å². The molecule has 0 saturated heterocycles. The number of nitrogens with one attached hydrogen (secondary N) is 1. The molecule has 0 saturated carbocycles. The zero-order valence-electron chi connectivity index (χ0n) is 13.4. The van der Waals surface area contributed by atoms with Crippen LogP contribution in [0.5, 0.6) is 0 Å². The Labute approximate surface area is 159 Å². The van der Waals surface area contributed by atoms with E-state index < -0.39 is 11.8 Å². The van der Waals surface area contributed by atoms with Crippen molar-refractivity contribution in [2.45, 2.75) is 0 Å². The van der Waals surface area contributed by atoms with Gasteiger partial charge in [-0.15, -0.1) is 0 Å². The second-order valence-corrected chi connectivity index (χ2v) is 6.09. The fourth-order valence-electron chi connectivity index (χ4n) is 2.27. The van der Waals surface area contributed by atoms with Crippen molar-refractivity contribution in [3.05, 3.63) is 76.6 Å². The molecule has 0 fully saturated rings. The molecule has 0 aliphatic carbocycles. The topological polar surface area (TPSA) is 75.4 Å². The quantitative estimate of drug-likeness (QED) is 0.706. The van der Waals surface area contributed by atoms with Crippen LogP contribution in [0, 0.1) is 0 Å². The second kappa shape index (κ2) is 8.03. The summed E-state index contributed by atoms with van der Waals surface area (Å²) in [5, 5.41) is 6.93. The molecule has 6 nitrogen and oxygen atoms in total. The van der Waals surface area contributed by atoms with Gasteiger partial charge in [-0.25, -0.2) is 0 Å². The van der Waals surface area contributed by atoms with E-state index in [2.05, 4.69) is 10.5 Å². The Hall–Kier alpha value is -2.83. The van der Waals surface area contributed by atoms with Crippen molar-refractivity contribution in [3.8, 4) is 0 Å². The summed E-state index contributed by atoms with van der Waals surface area (Å²) in [7, 11) is 0. The zero-order chi connectivity index (χ0) is 18.5. The molecule has 1 N–H and O–H groups in total. The smallest absolute Gasteiger partial charge is 0.297 e. The van der Waals surface area contributed by atoms with Crippen molar-refractivity contribution < 1.29 is 14.1 Å². The number of nitrogens with zero attached hydrogens (tertiary/aromatic N) is 2. The highest BCUT2D eigenvalue weighted by atomic mass is 35.5. The highest BCUT2D eigenvalue weighted by Crippen LogP contribution is 2.25. The molecule has 0 unspecified atom stereocenters. The number of aromatic nitrogens is 1. The van der Waals surface area contributed by atoms with E-state index in [1.54, 1.807) is 36.4 Å². The summed E-state index contributed by atoms with van der Waals surface area (Å²) in [6.45, 7) is -0.218. The lowest BCUT2D eigenvalue weighted by Gasteiger charge is -2.21. The third-order valence-electron chi connectivity index (χ3n) is 3.47. The van der Waals surface area contributed by atoms with Gasteiger partial charge in [0.15, 0.2) is 0 Å². The van der Waals surface area contributed by atoms with E-state index >= 15 is 0 Å². The van der Waals surface area contributed by atoms with Gasteiger partial charge >= 0.3 is 0 Å². The molecule has 2 amide bonds. The van der Waals surface area contributed by atoms with Gasteiger partial charge in [0.05, 0.1) is 16.2 Å². The molecule has 2 aromatic carbocycles. The van der Waals surface area contributed by atoms with Gasteiger partial charge in [-0.05, 0) is 30.3 Å². The van der Waals surface area contributed by atoms with Gasteiger partial charge in [0.2, 0.25) is 11.7 Å². The molecule has 0 aliphatic heterocycles. The van der Waals surface area contributed by atoms with Gasteiger partial charge in [0.1, 0.15) is 6.54 Å². The molecule has 26 heavy (non-hydrogen) atoms. The van der Waals surface area contributed by atoms with Crippen molar-refractivity contribution >= 4 is 46.4 Å². The van der Waals surface area contributed by atoms with Crippen molar-refractivity contribution in [2.24, 2.45) is 0 Å². The Morgan fingerprint density at radius 3 is 2.46 bits per heavy atom. The van der Waals surface area contributed by atoms with Gasteiger partial charge in [0, 0.05) is 17.4 Å². The van der Waals surface area contributed by atoms with Gasteiger partial charge in [-0.2, -0.15) is 0 Å². The van der Waals surface area contributed by atoms with E-state index in [0.717, 1.165) is 0 Å². The minimum atomic E-state index is -0.474. The Bertz CT molecular complexity index is 915. The number of amides is 2. The van der Waals surface area contributed by atoms with E-state index in [-0.39, 0.29) is 12.3 Å². The molecule has 1 heterocycles. The van der Waals surface area contributed by atoms with Gasteiger partial charge < -0.3 is 9.84 Å². The zero-order valence-corrected chi connectivity index (χ0v) is 14.9. The van der Waals surface area contributed by atoms with Crippen LogP contribution in [0.1, 0.15) is 10.6 Å². The summed E-state index contributed by atoms with van der Waals surface area (Å²) >= 11 is 11.8. The first-order valence-electron chi connectivity index (χ1n) is 7.57. The number of halogens is 2. The fourth-order valence-corrected chi connectivity index (χ4v) is 2.56. The third-order valence-corrected chi connectivity index (χ3v) is 4.21. The maximum Gasteiger partial charge on any atom is 0.297 e. The number of para-hydroxylation sites is 1. The van der Waals surface area contributed by atoms with Crippen LogP contribution in [0.2, 0.25) is 10.0 Å². The van der Waals surface area contributed by atoms with Crippen LogP contribution in [-0.4, -0.2) is 23.5 Å². The van der Waals surface area contributed by atoms with Crippen molar-refractivity contribution in [1.29, 1.82) is 0 Å². The van der Waals surface area contributed by atoms with Gasteiger partial charge in [-0.1, -0.05) is 46.6 Å². The predicted octanol–water partition coefficient (Wildman–Crippen LogP) is 4.27. The maximum absolute atomic E-state index is 12.7. The van der Waals surface area contributed by atoms with Crippen LogP contribution in [0.4, 0.5) is 11.4 Å². The van der Waals surface area contributed by atoms with Crippen LogP contribution in [0.15, 0.2) is 65.3 Å². The summed E-state index contributed by atoms with van der Waals surface area (Å²) in [5.74, 6) is -0.839. The normalized spacial score (nSPS) is 10.4. The van der Waals surface area contributed by atoms with Crippen molar-refractivity contribution in [1.82, 2.24) is 5.16 Å². The monoisotopic (exact) mass is 389 g/mol. The van der Waals surface area contributed by atoms with Crippen molar-refractivity contribution in [3.63, 3.8) is 0 Å². The number of rotatable bonds is 5. The number of anilines is 2. The first kappa shape index (κ1) is 18.0. The van der Waals surface area contributed by atoms with Crippen LogP contribution < -0.4 is 10.2 Å². The molecule has 1 aromatic heterocycles. The Balaban J connectivity index is 1.80. The molecule has 0 atom stereocenters. The number of hydrogen-bond acceptors (Lipinski definition) is 4. The molecule has 8 heteroatoms. The molecule has 0 bridgehead atoms. The summed E-state index contributed by atoms with van der Waals surface area (Å²) in [6, 6.07) is 15.0. The SMILES string of the molecule is O=C(CN(C(=O)c1ccno1)c1ccccc1)Nc1ccc(Cl)c(Cl)c1. The summed E-state index contributed by atoms with van der Waals surface area (Å²) in [4.78, 5) is 26.4. The standard InChI is InChI=1S/C18H13Cl2N3O3/c19-14-7-6-12(10-15(14)20)22-17(24)11-23(13-4-2-1-3-5-13)18(25)16-8-9-21-26-16/h1-10H,11H2,(H,22,24). The predicted molar refractivity (Wildman–Crippen MR) is 99.7 cm³/mol. The van der Waals surface area contributed by atoms with Crippen LogP contribution in [0.3, 0.4) is 0 Å². The van der Waals surface area contributed by atoms with E-state index in [4.69, 9.17) is 27.7 Å². The van der Waals surface area contributed by atoms with E-state index in [0.29, 0.717) is 21.4 Å². The molecule has 3 aromatic rings. The van der Waals surface area contributed by atoms with E-state index in [1.165, 1.54) is 23.2 Å². The number of carbonyl (C=O) groups is 2. The van der Waals surface area contributed by atoms with E-state index in [1.807, 2.05) is 6.07 Å². The van der Waals surface area contributed by atoms with Gasteiger partial charge in [0.25, 0.3) is 5.91 Å². The minimum Gasteiger partial charge on any atom is -0.351 e. The molecular weight excluding hydrogens is 377 g/mol. The van der Waals surface area contributed by atoms with Gasteiger partial charge in [-0.3, -0.25) is 14.5 Å². The van der Waals surface area contributed by atoms with Crippen LogP contribution in [0.25, 0.3) is 0 Å². The molecule has 0 radical (unpaired) electrons. The lowest BCUT2D eigenvalue weighted by molar-refractivity contribution is -0.114.